The number of carbonyl (C=O) groups excluding carboxylic acids is 1. The number of hydrogen-bond donors (Lipinski definition) is 2. The zero-order valence-electron chi connectivity index (χ0n) is 10.2. The summed E-state index contributed by atoms with van der Waals surface area (Å²) in [7, 11) is 1.35. The molecule has 2 aliphatic rings. The molecule has 3 heterocycles. The van der Waals surface area contributed by atoms with Crippen molar-refractivity contribution >= 4 is 29.5 Å². The van der Waals surface area contributed by atoms with Crippen LogP contribution in [0.4, 0.5) is 0 Å². The highest BCUT2D eigenvalue weighted by Gasteiger charge is 2.61. The maximum atomic E-state index is 11.9. The lowest BCUT2D eigenvalue weighted by molar-refractivity contribution is -0.860. The van der Waals surface area contributed by atoms with Gasteiger partial charge in [0, 0.05) is 17.8 Å². The van der Waals surface area contributed by atoms with E-state index in [0.29, 0.717) is 25.0 Å². The Labute approximate surface area is 109 Å². The van der Waals surface area contributed by atoms with Gasteiger partial charge >= 0.3 is 12.7 Å². The topological polar surface area (TPSA) is 66.8 Å². The van der Waals surface area contributed by atoms with Crippen LogP contribution < -0.4 is 5.46 Å². The third-order valence-corrected chi connectivity index (χ3v) is 5.42. The summed E-state index contributed by atoms with van der Waals surface area (Å²) in [6.07, 6.45) is 1.48. The molecule has 1 fully saturated rings. The minimum atomic E-state index is -2.71. The fraction of sp³-hybridized carbons (Fsp3) is 0.545. The molecule has 0 radical (unpaired) electrons. The fourth-order valence-electron chi connectivity index (χ4n) is 3.57. The van der Waals surface area contributed by atoms with Gasteiger partial charge in [-0.2, -0.15) is 0 Å². The molecule has 7 heteroatoms. The summed E-state index contributed by atoms with van der Waals surface area (Å²) in [5, 5.41) is 23.0. The molecule has 1 aromatic rings. The highest BCUT2D eigenvalue weighted by Crippen LogP contribution is 2.40. The van der Waals surface area contributed by atoms with E-state index in [9.17, 15) is 14.8 Å². The molecule has 98 valence electrons. The molecule has 1 spiro atoms. The molecular formula is C11H16BNO4S. The van der Waals surface area contributed by atoms with Crippen LogP contribution in [-0.4, -0.2) is 46.8 Å². The summed E-state index contributed by atoms with van der Waals surface area (Å²) in [6, 6.07) is 1.31. The van der Waals surface area contributed by atoms with Crippen LogP contribution in [0.1, 0.15) is 17.7 Å². The van der Waals surface area contributed by atoms with E-state index < -0.39 is 12.7 Å². The summed E-state index contributed by atoms with van der Waals surface area (Å²) in [5.41, 5.74) is 0.607. The summed E-state index contributed by atoms with van der Waals surface area (Å²) < 4.78 is 4.88. The van der Waals surface area contributed by atoms with Gasteiger partial charge < -0.3 is 19.2 Å². The van der Waals surface area contributed by atoms with Gasteiger partial charge in [-0.25, -0.2) is 4.79 Å². The molecule has 5 nitrogen and oxygen atoms in total. The number of rotatable bonds is 1. The molecule has 0 saturated carbocycles. The molecule has 0 amide bonds. The normalized spacial score (nSPS) is 32.7. The lowest BCUT2D eigenvalue weighted by Crippen LogP contribution is -2.73. The zero-order chi connectivity index (χ0) is 13.0. The predicted molar refractivity (Wildman–Crippen MR) is 68.0 cm³/mol. The van der Waals surface area contributed by atoms with E-state index in [1.807, 2.05) is 5.38 Å². The monoisotopic (exact) mass is 269 g/mol. The molecule has 2 atom stereocenters. The molecule has 1 unspecified atom stereocenters. The number of nitrogens with zero attached hydrogens (tertiary/aromatic N) is 1. The van der Waals surface area contributed by atoms with E-state index in [1.54, 1.807) is 6.07 Å². The first-order valence-electron chi connectivity index (χ1n) is 6.13. The van der Waals surface area contributed by atoms with Gasteiger partial charge in [0.15, 0.2) is 6.04 Å². The Hall–Kier alpha value is -0.885. The highest BCUT2D eigenvalue weighted by molar-refractivity contribution is 7.12. The van der Waals surface area contributed by atoms with Crippen molar-refractivity contribution in [3.05, 3.63) is 16.3 Å². The number of esters is 1. The SMILES string of the molecule is COC(=O)C1CCC[N@+]12Cc1sccc1[B-]2(O)O. The Morgan fingerprint density at radius 1 is 1.61 bits per heavy atom. The first-order chi connectivity index (χ1) is 8.53. The first-order valence-corrected chi connectivity index (χ1v) is 7.01. The van der Waals surface area contributed by atoms with Crippen molar-refractivity contribution in [1.29, 1.82) is 0 Å². The lowest BCUT2D eigenvalue weighted by Gasteiger charge is -2.49. The lowest BCUT2D eigenvalue weighted by atomic mass is 9.63. The first kappa shape index (κ1) is 12.2. The third kappa shape index (κ3) is 1.30. The van der Waals surface area contributed by atoms with Crippen molar-refractivity contribution in [1.82, 2.24) is 0 Å². The van der Waals surface area contributed by atoms with Crippen molar-refractivity contribution in [3.8, 4) is 0 Å². The van der Waals surface area contributed by atoms with Crippen LogP contribution in [0.3, 0.4) is 0 Å². The van der Waals surface area contributed by atoms with Crippen LogP contribution in [-0.2, 0) is 16.1 Å². The van der Waals surface area contributed by atoms with Crippen LogP contribution in [0, 0.1) is 0 Å². The van der Waals surface area contributed by atoms with Crippen LogP contribution in [0.5, 0.6) is 0 Å². The summed E-state index contributed by atoms with van der Waals surface area (Å²) >= 11 is 1.52. The van der Waals surface area contributed by atoms with E-state index in [4.69, 9.17) is 4.74 Å². The minimum absolute atomic E-state index is 0.0503. The van der Waals surface area contributed by atoms with Crippen molar-refractivity contribution in [2.75, 3.05) is 13.7 Å². The number of carbonyl (C=O) groups is 1. The third-order valence-electron chi connectivity index (χ3n) is 4.50. The fourth-order valence-corrected chi connectivity index (χ4v) is 4.63. The largest absolute Gasteiger partial charge is 0.524 e. The second-order valence-electron chi connectivity index (χ2n) is 5.20. The summed E-state index contributed by atoms with van der Waals surface area (Å²) in [5.74, 6) is -0.336. The minimum Gasteiger partial charge on any atom is -0.524 e. The maximum Gasteiger partial charge on any atom is 0.500 e. The van der Waals surface area contributed by atoms with Crippen molar-refractivity contribution in [2.24, 2.45) is 0 Å². The maximum absolute atomic E-state index is 11.9. The van der Waals surface area contributed by atoms with E-state index in [2.05, 4.69) is 0 Å². The standard InChI is InChI=1S/C11H16BNO4S/c1-17-11(14)9-3-2-5-13(9)7-10-8(4-6-18-10)12(13,15)16/h4,6,9,15-16H,2-3,5,7H2,1H3/t9?,13-/m0/s1. The molecule has 0 bridgehead atoms. The molecule has 0 aromatic carbocycles. The molecule has 1 aromatic heterocycles. The zero-order valence-corrected chi connectivity index (χ0v) is 11.0. The number of methoxy groups -OCH3 is 1. The molecule has 18 heavy (non-hydrogen) atoms. The Morgan fingerprint density at radius 3 is 3.06 bits per heavy atom. The molecule has 2 aliphatic heterocycles. The van der Waals surface area contributed by atoms with Gasteiger partial charge in [0.25, 0.3) is 0 Å². The van der Waals surface area contributed by atoms with Crippen molar-refractivity contribution < 1.29 is 24.0 Å². The Morgan fingerprint density at radius 2 is 2.39 bits per heavy atom. The molecule has 0 aliphatic carbocycles. The highest BCUT2D eigenvalue weighted by atomic mass is 32.1. The number of ether oxygens (including phenoxy) is 1. The second kappa shape index (κ2) is 3.80. The van der Waals surface area contributed by atoms with Crippen molar-refractivity contribution in [3.63, 3.8) is 0 Å². The van der Waals surface area contributed by atoms with E-state index in [-0.39, 0.29) is 10.4 Å². The van der Waals surface area contributed by atoms with Gasteiger partial charge in [-0.3, -0.25) is 0 Å². The van der Waals surface area contributed by atoms with Gasteiger partial charge in [0.05, 0.1) is 13.7 Å². The quantitative estimate of drug-likeness (QED) is 0.535. The smallest absolute Gasteiger partial charge is 0.500 e. The van der Waals surface area contributed by atoms with Crippen LogP contribution in [0.2, 0.25) is 0 Å². The van der Waals surface area contributed by atoms with E-state index >= 15 is 0 Å². The predicted octanol–water partition coefficient (Wildman–Crippen LogP) is -0.456. The van der Waals surface area contributed by atoms with Crippen LogP contribution >= 0.6 is 11.3 Å². The summed E-state index contributed by atoms with van der Waals surface area (Å²) in [6.45, 7) is -1.56. The van der Waals surface area contributed by atoms with E-state index in [0.717, 1.165) is 11.3 Å². The Bertz CT molecular complexity index is 503. The number of fused-ring (bicyclic) bond motifs is 1. The van der Waals surface area contributed by atoms with Gasteiger partial charge in [-0.05, 0) is 11.8 Å². The Kier molecular flexibility index (Phi) is 2.57. The molecular weight excluding hydrogens is 253 g/mol. The average molecular weight is 269 g/mol. The van der Waals surface area contributed by atoms with Gasteiger partial charge in [0.2, 0.25) is 0 Å². The molecule has 1 saturated heterocycles. The Balaban J connectivity index is 2.06. The number of hydrogen-bond acceptors (Lipinski definition) is 5. The van der Waals surface area contributed by atoms with Crippen molar-refractivity contribution in [2.45, 2.75) is 25.4 Å². The molecule has 3 rings (SSSR count). The van der Waals surface area contributed by atoms with Crippen LogP contribution in [0.25, 0.3) is 0 Å². The van der Waals surface area contributed by atoms with Crippen LogP contribution in [0.15, 0.2) is 11.4 Å². The average Bonchev–Trinajstić information content (AvgIpc) is 2.99. The summed E-state index contributed by atoms with van der Waals surface area (Å²) in [4.78, 5) is 12.9. The second-order valence-corrected chi connectivity index (χ2v) is 6.20. The number of quaternary nitrogens is 1. The van der Waals surface area contributed by atoms with Gasteiger partial charge in [0.1, 0.15) is 0 Å². The molecule has 2 N–H and O–H groups in total. The van der Waals surface area contributed by atoms with Gasteiger partial charge in [-0.15, -0.1) is 11.3 Å². The number of thiophene rings is 1. The van der Waals surface area contributed by atoms with Gasteiger partial charge in [-0.1, -0.05) is 11.5 Å². The van der Waals surface area contributed by atoms with E-state index in [1.165, 1.54) is 18.4 Å².